The fourth-order valence-corrected chi connectivity index (χ4v) is 4.98. The molecule has 130 valence electrons. The second kappa shape index (κ2) is 6.75. The van der Waals surface area contributed by atoms with Crippen molar-refractivity contribution < 1.29 is 4.79 Å². The third kappa shape index (κ3) is 2.92. The first-order chi connectivity index (χ1) is 11.8. The normalized spacial score (nSPS) is 32.6. The Morgan fingerprint density at radius 2 is 2.12 bits per heavy atom. The number of amides is 1. The Balaban J connectivity index is 1.32. The lowest BCUT2D eigenvalue weighted by molar-refractivity contribution is -0.134. The zero-order valence-corrected chi connectivity index (χ0v) is 14.5. The summed E-state index contributed by atoms with van der Waals surface area (Å²) in [4.78, 5) is 15.4. The Hall–Kier alpha value is -1.55. The molecule has 1 aromatic carbocycles. The third-order valence-electron chi connectivity index (χ3n) is 6.45. The largest absolute Gasteiger partial charge is 0.371 e. The highest BCUT2D eigenvalue weighted by molar-refractivity contribution is 5.83. The number of carbonyl (C=O) groups excluding carboxylic acids is 1. The van der Waals surface area contributed by atoms with Crippen molar-refractivity contribution in [3.05, 3.63) is 30.3 Å². The molecular formula is C20H29N3O. The first kappa shape index (κ1) is 15.9. The summed E-state index contributed by atoms with van der Waals surface area (Å²) in [6, 6.07) is 10.6. The van der Waals surface area contributed by atoms with Gasteiger partial charge in [0.25, 0.3) is 0 Å². The monoisotopic (exact) mass is 327 g/mol. The van der Waals surface area contributed by atoms with E-state index in [0.717, 1.165) is 39.1 Å². The van der Waals surface area contributed by atoms with Crippen LogP contribution in [0.5, 0.6) is 0 Å². The average molecular weight is 327 g/mol. The maximum Gasteiger partial charge on any atom is 0.227 e. The summed E-state index contributed by atoms with van der Waals surface area (Å²) in [5, 5.41) is 6.80. The lowest BCUT2D eigenvalue weighted by atomic mass is 9.67. The van der Waals surface area contributed by atoms with Crippen LogP contribution in [0.3, 0.4) is 0 Å². The summed E-state index contributed by atoms with van der Waals surface area (Å²) in [6.07, 6.45) is 5.94. The van der Waals surface area contributed by atoms with Crippen LogP contribution < -0.4 is 15.5 Å². The molecule has 1 aromatic rings. The number of hydrogen-bond donors (Lipinski definition) is 2. The molecule has 0 radical (unpaired) electrons. The van der Waals surface area contributed by atoms with Gasteiger partial charge >= 0.3 is 0 Å². The molecule has 0 aromatic heterocycles. The zero-order chi connectivity index (χ0) is 16.4. The first-order valence-corrected chi connectivity index (χ1v) is 9.57. The van der Waals surface area contributed by atoms with Crippen molar-refractivity contribution in [1.29, 1.82) is 0 Å². The van der Waals surface area contributed by atoms with E-state index in [0.29, 0.717) is 17.7 Å². The van der Waals surface area contributed by atoms with Crippen LogP contribution in [0.2, 0.25) is 0 Å². The standard InChI is InChI=1S/C20H29N3O/c24-19(20-10-5-4-6-17(20)13-21-15-20)22-12-16-9-11-23(14-16)18-7-2-1-3-8-18/h1-3,7-8,16-17,21H,4-6,9-15H2,(H,22,24)/t16?,17-,20+/m0/s1. The lowest BCUT2D eigenvalue weighted by Crippen LogP contribution is -2.49. The van der Waals surface area contributed by atoms with E-state index in [2.05, 4.69) is 45.9 Å². The summed E-state index contributed by atoms with van der Waals surface area (Å²) < 4.78 is 0. The molecule has 1 unspecified atom stereocenters. The van der Waals surface area contributed by atoms with Crippen LogP contribution in [-0.4, -0.2) is 38.6 Å². The fourth-order valence-electron chi connectivity index (χ4n) is 4.98. The molecular weight excluding hydrogens is 298 g/mol. The van der Waals surface area contributed by atoms with Gasteiger partial charge in [0.1, 0.15) is 0 Å². The van der Waals surface area contributed by atoms with Crippen molar-refractivity contribution in [1.82, 2.24) is 10.6 Å². The van der Waals surface area contributed by atoms with Gasteiger partial charge in [0.05, 0.1) is 5.41 Å². The van der Waals surface area contributed by atoms with Gasteiger partial charge < -0.3 is 15.5 Å². The Morgan fingerprint density at radius 3 is 3.00 bits per heavy atom. The number of nitrogens with one attached hydrogen (secondary N) is 2. The van der Waals surface area contributed by atoms with E-state index in [1.54, 1.807) is 0 Å². The smallest absolute Gasteiger partial charge is 0.227 e. The highest BCUT2D eigenvalue weighted by Crippen LogP contribution is 2.43. The van der Waals surface area contributed by atoms with Crippen molar-refractivity contribution >= 4 is 11.6 Å². The molecule has 2 N–H and O–H groups in total. The molecule has 0 bridgehead atoms. The van der Waals surface area contributed by atoms with E-state index in [1.165, 1.54) is 31.4 Å². The van der Waals surface area contributed by atoms with E-state index >= 15 is 0 Å². The first-order valence-electron chi connectivity index (χ1n) is 9.57. The fraction of sp³-hybridized carbons (Fsp3) is 0.650. The molecule has 2 aliphatic heterocycles. The molecule has 4 heteroatoms. The molecule has 0 spiro atoms. The molecule has 4 nitrogen and oxygen atoms in total. The number of fused-ring (bicyclic) bond motifs is 1. The Morgan fingerprint density at radius 1 is 1.25 bits per heavy atom. The highest BCUT2D eigenvalue weighted by Gasteiger charge is 2.49. The Labute approximate surface area is 145 Å². The SMILES string of the molecule is O=C(NCC1CCN(c2ccccc2)C1)[C@@]12CCCC[C@H]1CNC2. The number of carbonyl (C=O) groups is 1. The van der Waals surface area contributed by atoms with E-state index in [4.69, 9.17) is 0 Å². The van der Waals surface area contributed by atoms with Crippen LogP contribution >= 0.6 is 0 Å². The van der Waals surface area contributed by atoms with Crippen LogP contribution in [0.4, 0.5) is 5.69 Å². The van der Waals surface area contributed by atoms with Gasteiger partial charge in [-0.3, -0.25) is 4.79 Å². The minimum Gasteiger partial charge on any atom is -0.371 e. The van der Waals surface area contributed by atoms with Gasteiger partial charge in [-0.1, -0.05) is 31.0 Å². The van der Waals surface area contributed by atoms with Crippen LogP contribution in [0, 0.1) is 17.3 Å². The summed E-state index contributed by atoms with van der Waals surface area (Å²) in [6.45, 7) is 4.89. The molecule has 3 aliphatic rings. The summed E-state index contributed by atoms with van der Waals surface area (Å²) in [5.41, 5.74) is 1.19. The van der Waals surface area contributed by atoms with Crippen molar-refractivity contribution in [2.24, 2.45) is 17.3 Å². The molecule has 24 heavy (non-hydrogen) atoms. The van der Waals surface area contributed by atoms with Crippen molar-refractivity contribution in [3.63, 3.8) is 0 Å². The summed E-state index contributed by atoms with van der Waals surface area (Å²) >= 11 is 0. The molecule has 2 heterocycles. The quantitative estimate of drug-likeness (QED) is 0.893. The van der Waals surface area contributed by atoms with Crippen LogP contribution in [0.25, 0.3) is 0 Å². The second-order valence-corrected chi connectivity index (χ2v) is 7.88. The van der Waals surface area contributed by atoms with Gasteiger partial charge in [-0.05, 0) is 49.8 Å². The number of anilines is 1. The molecule has 4 rings (SSSR count). The van der Waals surface area contributed by atoms with Gasteiger partial charge in [0.15, 0.2) is 0 Å². The van der Waals surface area contributed by atoms with Gasteiger partial charge in [-0.25, -0.2) is 0 Å². The van der Waals surface area contributed by atoms with Crippen molar-refractivity contribution in [2.45, 2.75) is 32.1 Å². The zero-order valence-electron chi connectivity index (χ0n) is 14.5. The minimum absolute atomic E-state index is 0.115. The van der Waals surface area contributed by atoms with Crippen molar-refractivity contribution in [2.75, 3.05) is 37.6 Å². The van der Waals surface area contributed by atoms with Gasteiger partial charge in [0, 0.05) is 31.9 Å². The predicted octanol–water partition coefficient (Wildman–Crippen LogP) is 2.41. The van der Waals surface area contributed by atoms with E-state index in [-0.39, 0.29) is 5.41 Å². The lowest BCUT2D eigenvalue weighted by Gasteiger charge is -2.37. The van der Waals surface area contributed by atoms with E-state index < -0.39 is 0 Å². The molecule has 1 aliphatic carbocycles. The number of benzene rings is 1. The van der Waals surface area contributed by atoms with Gasteiger partial charge in [-0.2, -0.15) is 0 Å². The number of para-hydroxylation sites is 1. The minimum atomic E-state index is -0.115. The summed E-state index contributed by atoms with van der Waals surface area (Å²) in [7, 11) is 0. The van der Waals surface area contributed by atoms with Crippen LogP contribution in [0.1, 0.15) is 32.1 Å². The van der Waals surface area contributed by atoms with Crippen LogP contribution in [0.15, 0.2) is 30.3 Å². The maximum atomic E-state index is 12.9. The second-order valence-electron chi connectivity index (χ2n) is 7.88. The van der Waals surface area contributed by atoms with E-state index in [1.807, 2.05) is 0 Å². The predicted molar refractivity (Wildman–Crippen MR) is 97.0 cm³/mol. The van der Waals surface area contributed by atoms with Crippen molar-refractivity contribution in [3.8, 4) is 0 Å². The molecule has 2 saturated heterocycles. The molecule has 3 atom stereocenters. The Bertz CT molecular complexity index is 576. The molecule has 1 saturated carbocycles. The average Bonchev–Trinajstić information content (AvgIpc) is 3.28. The molecule has 3 fully saturated rings. The number of rotatable bonds is 4. The van der Waals surface area contributed by atoms with E-state index in [9.17, 15) is 4.79 Å². The Kier molecular flexibility index (Phi) is 4.49. The number of hydrogen-bond acceptors (Lipinski definition) is 3. The number of nitrogens with zero attached hydrogens (tertiary/aromatic N) is 1. The maximum absolute atomic E-state index is 12.9. The summed E-state index contributed by atoms with van der Waals surface area (Å²) in [5.74, 6) is 1.44. The molecule has 1 amide bonds. The topological polar surface area (TPSA) is 44.4 Å². The van der Waals surface area contributed by atoms with Gasteiger partial charge in [-0.15, -0.1) is 0 Å². The highest BCUT2D eigenvalue weighted by atomic mass is 16.2. The van der Waals surface area contributed by atoms with Crippen LogP contribution in [-0.2, 0) is 4.79 Å². The van der Waals surface area contributed by atoms with Gasteiger partial charge in [0.2, 0.25) is 5.91 Å². The third-order valence-corrected chi connectivity index (χ3v) is 6.45.